The van der Waals surface area contributed by atoms with Crippen LogP contribution in [-0.4, -0.2) is 35.7 Å². The largest absolute Gasteiger partial charge is 0.490 e. The van der Waals surface area contributed by atoms with Crippen molar-refractivity contribution in [1.29, 1.82) is 0 Å². The number of halogens is 1. The molecule has 0 aliphatic carbocycles. The van der Waals surface area contributed by atoms with Gasteiger partial charge in [-0.1, -0.05) is 36.4 Å². The van der Waals surface area contributed by atoms with Crippen LogP contribution in [0.2, 0.25) is 5.02 Å². The molecule has 3 aromatic rings. The molecule has 0 bridgehead atoms. The zero-order valence-corrected chi connectivity index (χ0v) is 18.3. The summed E-state index contributed by atoms with van der Waals surface area (Å²) in [5.41, 5.74) is 4.95. The average molecular weight is 435 g/mol. The Balaban J connectivity index is 1.49. The van der Waals surface area contributed by atoms with Crippen LogP contribution in [0, 0.1) is 0 Å². The Morgan fingerprint density at radius 2 is 1.94 bits per heavy atom. The molecule has 1 N–H and O–H groups in total. The highest BCUT2D eigenvalue weighted by Crippen LogP contribution is 2.39. The van der Waals surface area contributed by atoms with Gasteiger partial charge in [0.05, 0.1) is 19.3 Å². The van der Waals surface area contributed by atoms with Gasteiger partial charge in [0.25, 0.3) is 0 Å². The second-order valence-electron chi connectivity index (χ2n) is 8.17. The zero-order valence-electron chi connectivity index (χ0n) is 17.5. The summed E-state index contributed by atoms with van der Waals surface area (Å²) in [6.45, 7) is 6.33. The van der Waals surface area contributed by atoms with E-state index in [-0.39, 0.29) is 12.1 Å². The molecule has 4 nitrogen and oxygen atoms in total. The number of hydrogen-bond acceptors (Lipinski definition) is 3. The lowest BCUT2D eigenvalue weighted by Crippen LogP contribution is -2.32. The van der Waals surface area contributed by atoms with Gasteiger partial charge in [0, 0.05) is 41.0 Å². The monoisotopic (exact) mass is 434 g/mol. The Kier molecular flexibility index (Phi) is 5.75. The molecule has 5 heteroatoms. The maximum Gasteiger partial charge on any atom is 0.119 e. The van der Waals surface area contributed by atoms with E-state index in [0.717, 1.165) is 55.3 Å². The molecular weight excluding hydrogens is 408 g/mol. The number of benzene rings is 2. The van der Waals surface area contributed by atoms with Crippen molar-refractivity contribution in [2.75, 3.05) is 19.8 Å². The van der Waals surface area contributed by atoms with Gasteiger partial charge in [0.15, 0.2) is 0 Å². The number of rotatable bonds is 5. The van der Waals surface area contributed by atoms with Crippen LogP contribution in [0.3, 0.4) is 0 Å². The Hall–Kier alpha value is -2.69. The number of nitrogens with one attached hydrogen (secondary N) is 1. The number of ether oxygens (including phenoxy) is 2. The van der Waals surface area contributed by atoms with Crippen LogP contribution in [-0.2, 0) is 11.2 Å². The molecule has 1 unspecified atom stereocenters. The van der Waals surface area contributed by atoms with E-state index in [2.05, 4.69) is 59.1 Å². The fraction of sp³-hybridized carbons (Fsp3) is 0.308. The van der Waals surface area contributed by atoms with Gasteiger partial charge in [0.1, 0.15) is 11.9 Å². The minimum absolute atomic E-state index is 0.100. The second-order valence-corrected chi connectivity index (χ2v) is 8.61. The van der Waals surface area contributed by atoms with E-state index in [1.807, 2.05) is 18.2 Å². The molecule has 0 amide bonds. The van der Waals surface area contributed by atoms with Crippen LogP contribution in [0.1, 0.15) is 35.7 Å². The van der Waals surface area contributed by atoms with E-state index in [1.165, 1.54) is 22.2 Å². The van der Waals surface area contributed by atoms with Gasteiger partial charge < -0.3 is 19.4 Å². The highest BCUT2D eigenvalue weighted by molar-refractivity contribution is 6.31. The highest BCUT2D eigenvalue weighted by atomic mass is 35.5. The molecule has 0 spiro atoms. The Bertz CT molecular complexity index is 1100. The molecular formula is C26H27ClN2O2. The fourth-order valence-electron chi connectivity index (χ4n) is 4.68. The predicted octanol–water partition coefficient (Wildman–Crippen LogP) is 6.03. The SMILES string of the molecule is C=C/C=C/N1CCc2c([nH]c3ccc(Cl)cc23)C1c1ccc(OC2CCOCC2)cc1. The van der Waals surface area contributed by atoms with Crippen molar-refractivity contribution in [1.82, 2.24) is 9.88 Å². The molecule has 3 heterocycles. The van der Waals surface area contributed by atoms with E-state index in [0.29, 0.717) is 0 Å². The van der Waals surface area contributed by atoms with Gasteiger partial charge in [-0.25, -0.2) is 0 Å². The first-order chi connectivity index (χ1) is 15.2. The fourth-order valence-corrected chi connectivity index (χ4v) is 4.86. The minimum atomic E-state index is 0.100. The van der Waals surface area contributed by atoms with Crippen LogP contribution >= 0.6 is 11.6 Å². The lowest BCUT2D eigenvalue weighted by Gasteiger charge is -2.35. The highest BCUT2D eigenvalue weighted by Gasteiger charge is 2.30. The van der Waals surface area contributed by atoms with Crippen molar-refractivity contribution < 1.29 is 9.47 Å². The van der Waals surface area contributed by atoms with Gasteiger partial charge in [-0.05, 0) is 60.2 Å². The Morgan fingerprint density at radius 1 is 1.13 bits per heavy atom. The number of aromatic amines is 1. The molecule has 0 saturated carbocycles. The van der Waals surface area contributed by atoms with Crippen molar-refractivity contribution in [2.45, 2.75) is 31.4 Å². The molecule has 2 aromatic carbocycles. The molecule has 1 saturated heterocycles. The number of aromatic nitrogens is 1. The third kappa shape index (κ3) is 4.10. The molecule has 5 rings (SSSR count). The zero-order chi connectivity index (χ0) is 21.2. The number of nitrogens with zero attached hydrogens (tertiary/aromatic N) is 1. The van der Waals surface area contributed by atoms with Gasteiger partial charge in [-0.2, -0.15) is 0 Å². The number of fused-ring (bicyclic) bond motifs is 3. The maximum absolute atomic E-state index is 6.30. The van der Waals surface area contributed by atoms with Gasteiger partial charge in [0.2, 0.25) is 0 Å². The molecule has 1 fully saturated rings. The van der Waals surface area contributed by atoms with Gasteiger partial charge >= 0.3 is 0 Å². The van der Waals surface area contributed by atoms with Crippen molar-refractivity contribution in [3.05, 3.63) is 89.2 Å². The van der Waals surface area contributed by atoms with E-state index < -0.39 is 0 Å². The summed E-state index contributed by atoms with van der Waals surface area (Å²) in [6.07, 6.45) is 9.07. The summed E-state index contributed by atoms with van der Waals surface area (Å²) in [4.78, 5) is 6.04. The number of allylic oxidation sites excluding steroid dienone is 2. The van der Waals surface area contributed by atoms with E-state index in [4.69, 9.17) is 21.1 Å². The van der Waals surface area contributed by atoms with Crippen LogP contribution < -0.4 is 4.74 Å². The first kappa shape index (κ1) is 20.2. The smallest absolute Gasteiger partial charge is 0.119 e. The summed E-state index contributed by atoms with van der Waals surface area (Å²) in [7, 11) is 0. The van der Waals surface area contributed by atoms with Crippen molar-refractivity contribution in [2.24, 2.45) is 0 Å². The van der Waals surface area contributed by atoms with E-state index in [1.54, 1.807) is 0 Å². The molecule has 0 radical (unpaired) electrons. The predicted molar refractivity (Wildman–Crippen MR) is 126 cm³/mol. The van der Waals surface area contributed by atoms with E-state index >= 15 is 0 Å². The summed E-state index contributed by atoms with van der Waals surface area (Å²) >= 11 is 6.30. The minimum Gasteiger partial charge on any atom is -0.490 e. The quantitative estimate of drug-likeness (QED) is 0.498. The van der Waals surface area contributed by atoms with Crippen LogP contribution in [0.15, 0.2) is 67.4 Å². The van der Waals surface area contributed by atoms with Crippen LogP contribution in [0.4, 0.5) is 0 Å². The van der Waals surface area contributed by atoms with Gasteiger partial charge in [-0.15, -0.1) is 0 Å². The average Bonchev–Trinajstić information content (AvgIpc) is 3.16. The Morgan fingerprint density at radius 3 is 2.71 bits per heavy atom. The van der Waals surface area contributed by atoms with Crippen molar-refractivity contribution in [3.8, 4) is 5.75 Å². The topological polar surface area (TPSA) is 37.5 Å². The number of H-pyrrole nitrogens is 1. The second kappa shape index (κ2) is 8.81. The molecule has 2 aliphatic heterocycles. The lowest BCUT2D eigenvalue weighted by molar-refractivity contribution is 0.0255. The first-order valence-corrected chi connectivity index (χ1v) is 11.3. The third-order valence-electron chi connectivity index (χ3n) is 6.21. The van der Waals surface area contributed by atoms with Crippen LogP contribution in [0.25, 0.3) is 10.9 Å². The van der Waals surface area contributed by atoms with E-state index in [9.17, 15) is 0 Å². The molecule has 160 valence electrons. The molecule has 2 aliphatic rings. The van der Waals surface area contributed by atoms with Crippen molar-refractivity contribution in [3.63, 3.8) is 0 Å². The molecule has 1 aromatic heterocycles. The standard InChI is InChI=1S/C26H27ClN2O2/c1-2-3-13-29-14-10-22-23-17-19(27)6-9-24(23)28-25(22)26(29)18-4-7-20(8-5-18)31-21-11-15-30-16-12-21/h2-9,13,17,21,26,28H,1,10-12,14-16H2/b13-3+. The Labute approximate surface area is 188 Å². The first-order valence-electron chi connectivity index (χ1n) is 10.9. The normalized spacial score (nSPS) is 19.6. The summed E-state index contributed by atoms with van der Waals surface area (Å²) in [5.74, 6) is 0.920. The lowest BCUT2D eigenvalue weighted by atomic mass is 9.92. The summed E-state index contributed by atoms with van der Waals surface area (Å²) in [5, 5.41) is 1.99. The maximum atomic E-state index is 6.30. The summed E-state index contributed by atoms with van der Waals surface area (Å²) < 4.78 is 11.6. The van der Waals surface area contributed by atoms with Crippen molar-refractivity contribution >= 4 is 22.5 Å². The third-order valence-corrected chi connectivity index (χ3v) is 6.44. The van der Waals surface area contributed by atoms with Gasteiger partial charge in [-0.3, -0.25) is 0 Å². The molecule has 31 heavy (non-hydrogen) atoms. The number of hydrogen-bond donors (Lipinski definition) is 1. The summed E-state index contributed by atoms with van der Waals surface area (Å²) in [6, 6.07) is 14.7. The molecule has 1 atom stereocenters. The van der Waals surface area contributed by atoms with Crippen LogP contribution in [0.5, 0.6) is 5.75 Å².